The van der Waals surface area contributed by atoms with Crippen LogP contribution in [0.15, 0.2) is 54.6 Å². The highest BCUT2D eigenvalue weighted by molar-refractivity contribution is 7.91. The third-order valence-corrected chi connectivity index (χ3v) is 8.02. The van der Waals surface area contributed by atoms with E-state index in [0.717, 1.165) is 23.2 Å². The molecule has 2 atom stereocenters. The molecule has 0 aliphatic carbocycles. The van der Waals surface area contributed by atoms with Gasteiger partial charge in [-0.15, -0.1) is 0 Å². The van der Waals surface area contributed by atoms with Gasteiger partial charge in [-0.2, -0.15) is 0 Å². The van der Waals surface area contributed by atoms with Crippen molar-refractivity contribution in [2.45, 2.75) is 38.8 Å². The Morgan fingerprint density at radius 2 is 1.81 bits per heavy atom. The van der Waals surface area contributed by atoms with Gasteiger partial charge in [0.05, 0.1) is 17.4 Å². The zero-order valence-electron chi connectivity index (χ0n) is 17.7. The molecule has 0 radical (unpaired) electrons. The van der Waals surface area contributed by atoms with Gasteiger partial charge in [-0.1, -0.05) is 55.5 Å². The van der Waals surface area contributed by atoms with Gasteiger partial charge in [0.2, 0.25) is 11.8 Å². The molecule has 2 aromatic rings. The molecule has 164 valence electrons. The molecule has 2 aliphatic heterocycles. The molecular weight excluding hydrogens is 412 g/mol. The number of amides is 2. The van der Waals surface area contributed by atoms with E-state index in [1.165, 1.54) is 0 Å². The number of benzene rings is 2. The Bertz CT molecular complexity index is 1070. The Hall–Kier alpha value is -2.67. The molecule has 0 N–H and O–H groups in total. The zero-order chi connectivity index (χ0) is 22.0. The van der Waals surface area contributed by atoms with Crippen LogP contribution in [0, 0.1) is 5.92 Å². The van der Waals surface area contributed by atoms with Crippen molar-refractivity contribution in [1.29, 1.82) is 0 Å². The monoisotopic (exact) mass is 440 g/mol. The van der Waals surface area contributed by atoms with E-state index in [2.05, 4.69) is 0 Å². The lowest BCUT2D eigenvalue weighted by atomic mass is 10.0. The second kappa shape index (κ2) is 8.83. The Labute approximate surface area is 183 Å². The van der Waals surface area contributed by atoms with Crippen molar-refractivity contribution in [3.8, 4) is 0 Å². The maximum Gasteiger partial charge on any atom is 0.228 e. The van der Waals surface area contributed by atoms with Crippen LogP contribution in [0.5, 0.6) is 0 Å². The van der Waals surface area contributed by atoms with E-state index in [1.807, 2.05) is 61.5 Å². The fourth-order valence-corrected chi connectivity index (χ4v) is 6.33. The Morgan fingerprint density at radius 1 is 1.10 bits per heavy atom. The number of rotatable bonds is 6. The number of hydrogen-bond acceptors (Lipinski definition) is 4. The SMILES string of the molecule is CCc1ccccc1N1C[C@H](C(=O)N(Cc2ccccc2)[C@H]2CCS(=O)(=O)C2)CC1=O. The highest BCUT2D eigenvalue weighted by Gasteiger charge is 2.41. The van der Waals surface area contributed by atoms with Gasteiger partial charge in [0.25, 0.3) is 0 Å². The standard InChI is InChI=1S/C24H28N2O4S/c1-2-19-10-6-7-11-22(19)26-16-20(14-23(26)27)24(28)25(15-18-8-4-3-5-9-18)21-12-13-31(29,30)17-21/h3-11,20-21H,2,12-17H2,1H3/t20-,21+/m1/s1. The first-order valence-electron chi connectivity index (χ1n) is 10.8. The van der Waals surface area contributed by atoms with Crippen LogP contribution in [0.4, 0.5) is 5.69 Å². The summed E-state index contributed by atoms with van der Waals surface area (Å²) in [7, 11) is -3.13. The molecule has 31 heavy (non-hydrogen) atoms. The van der Waals surface area contributed by atoms with Crippen molar-refractivity contribution < 1.29 is 18.0 Å². The number of anilines is 1. The topological polar surface area (TPSA) is 74.8 Å². The maximum absolute atomic E-state index is 13.6. The fraction of sp³-hybridized carbons (Fsp3) is 0.417. The molecule has 2 aliphatic rings. The molecule has 0 aromatic heterocycles. The van der Waals surface area contributed by atoms with Gasteiger partial charge >= 0.3 is 0 Å². The quantitative estimate of drug-likeness (QED) is 0.692. The van der Waals surface area contributed by atoms with E-state index in [4.69, 9.17) is 0 Å². The van der Waals surface area contributed by atoms with Crippen molar-refractivity contribution in [3.05, 3.63) is 65.7 Å². The van der Waals surface area contributed by atoms with Gasteiger partial charge in [0.1, 0.15) is 0 Å². The van der Waals surface area contributed by atoms with Crippen LogP contribution in [-0.2, 0) is 32.4 Å². The predicted octanol–water partition coefficient (Wildman–Crippen LogP) is 2.82. The lowest BCUT2D eigenvalue weighted by Crippen LogP contribution is -2.44. The first-order chi connectivity index (χ1) is 14.9. The fourth-order valence-electron chi connectivity index (χ4n) is 4.60. The Kier molecular flexibility index (Phi) is 6.14. The second-order valence-corrected chi connectivity index (χ2v) is 10.6. The number of carbonyl (C=O) groups is 2. The number of aryl methyl sites for hydroxylation is 1. The molecule has 0 unspecified atom stereocenters. The van der Waals surface area contributed by atoms with Crippen LogP contribution in [0.3, 0.4) is 0 Å². The minimum absolute atomic E-state index is 0.00533. The van der Waals surface area contributed by atoms with Crippen LogP contribution >= 0.6 is 0 Å². The van der Waals surface area contributed by atoms with Crippen LogP contribution in [0.2, 0.25) is 0 Å². The van der Waals surface area contributed by atoms with Crippen LogP contribution in [0.25, 0.3) is 0 Å². The summed E-state index contributed by atoms with van der Waals surface area (Å²) in [6.07, 6.45) is 1.41. The average molecular weight is 441 g/mol. The second-order valence-electron chi connectivity index (χ2n) is 8.40. The molecular formula is C24H28N2O4S. The number of nitrogens with zero attached hydrogens (tertiary/aromatic N) is 2. The molecule has 2 aromatic carbocycles. The summed E-state index contributed by atoms with van der Waals surface area (Å²) in [5, 5.41) is 0. The summed E-state index contributed by atoms with van der Waals surface area (Å²) in [6, 6.07) is 17.0. The minimum Gasteiger partial charge on any atom is -0.334 e. The van der Waals surface area contributed by atoms with Crippen LogP contribution in [0.1, 0.15) is 30.9 Å². The summed E-state index contributed by atoms with van der Waals surface area (Å²) in [4.78, 5) is 29.8. The van der Waals surface area contributed by atoms with E-state index in [1.54, 1.807) is 9.80 Å². The minimum atomic E-state index is -3.13. The summed E-state index contributed by atoms with van der Waals surface area (Å²) >= 11 is 0. The lowest BCUT2D eigenvalue weighted by molar-refractivity contribution is -0.138. The number of carbonyl (C=O) groups excluding carboxylic acids is 2. The van der Waals surface area contributed by atoms with Crippen molar-refractivity contribution >= 4 is 27.3 Å². The van der Waals surface area contributed by atoms with Crippen LogP contribution in [-0.4, -0.2) is 49.2 Å². The zero-order valence-corrected chi connectivity index (χ0v) is 18.6. The van der Waals surface area contributed by atoms with E-state index in [0.29, 0.717) is 19.5 Å². The van der Waals surface area contributed by atoms with Gasteiger partial charge in [-0.05, 0) is 30.0 Å². The molecule has 2 saturated heterocycles. The highest BCUT2D eigenvalue weighted by atomic mass is 32.2. The molecule has 4 rings (SSSR count). The summed E-state index contributed by atoms with van der Waals surface area (Å²) in [6.45, 7) is 2.74. The third-order valence-electron chi connectivity index (χ3n) is 6.27. The number of sulfone groups is 1. The molecule has 0 spiro atoms. The van der Waals surface area contributed by atoms with Crippen molar-refractivity contribution in [2.75, 3.05) is 23.0 Å². The molecule has 6 nitrogen and oxygen atoms in total. The molecule has 0 bridgehead atoms. The first-order valence-corrected chi connectivity index (χ1v) is 12.6. The normalized spacial score (nSPS) is 22.6. The van der Waals surface area contributed by atoms with Crippen molar-refractivity contribution in [2.24, 2.45) is 5.92 Å². The molecule has 2 fully saturated rings. The Morgan fingerprint density at radius 3 is 2.48 bits per heavy atom. The summed E-state index contributed by atoms with van der Waals surface area (Å²) in [5.41, 5.74) is 2.90. The first kappa shape index (κ1) is 21.6. The van der Waals surface area contributed by atoms with E-state index < -0.39 is 15.8 Å². The van der Waals surface area contributed by atoms with E-state index in [-0.39, 0.29) is 35.8 Å². The number of para-hydroxylation sites is 1. The van der Waals surface area contributed by atoms with Crippen LogP contribution < -0.4 is 4.90 Å². The maximum atomic E-state index is 13.6. The third kappa shape index (κ3) is 4.66. The van der Waals surface area contributed by atoms with Crippen molar-refractivity contribution in [1.82, 2.24) is 4.90 Å². The van der Waals surface area contributed by atoms with E-state index >= 15 is 0 Å². The molecule has 2 amide bonds. The number of hydrogen-bond donors (Lipinski definition) is 0. The average Bonchev–Trinajstić information content (AvgIpc) is 3.34. The van der Waals surface area contributed by atoms with Crippen molar-refractivity contribution in [3.63, 3.8) is 0 Å². The summed E-state index contributed by atoms with van der Waals surface area (Å²) in [5.74, 6) is -0.553. The summed E-state index contributed by atoms with van der Waals surface area (Å²) < 4.78 is 24.2. The Balaban J connectivity index is 1.57. The van der Waals surface area contributed by atoms with E-state index in [9.17, 15) is 18.0 Å². The van der Waals surface area contributed by atoms with Gasteiger partial charge in [0, 0.05) is 31.2 Å². The lowest BCUT2D eigenvalue weighted by Gasteiger charge is -2.31. The smallest absolute Gasteiger partial charge is 0.228 e. The predicted molar refractivity (Wildman–Crippen MR) is 120 cm³/mol. The van der Waals surface area contributed by atoms with Gasteiger partial charge in [0.15, 0.2) is 9.84 Å². The van der Waals surface area contributed by atoms with Gasteiger partial charge in [-0.3, -0.25) is 9.59 Å². The largest absolute Gasteiger partial charge is 0.334 e. The van der Waals surface area contributed by atoms with Gasteiger partial charge < -0.3 is 9.80 Å². The van der Waals surface area contributed by atoms with Gasteiger partial charge in [-0.25, -0.2) is 8.42 Å². The molecule has 0 saturated carbocycles. The molecule has 2 heterocycles. The highest BCUT2D eigenvalue weighted by Crippen LogP contribution is 2.31. The molecule has 7 heteroatoms.